The number of H-pyrrole nitrogens is 2. The molecule has 0 radical (unpaired) electrons. The van der Waals surface area contributed by atoms with Gasteiger partial charge in [-0.25, -0.2) is 14.8 Å². The summed E-state index contributed by atoms with van der Waals surface area (Å²) in [6.07, 6.45) is 9.09. The third kappa shape index (κ3) is 7.00. The fraction of sp³-hybridized carbons (Fsp3) is 0.389. The number of amides is 2. The molecule has 46 heavy (non-hydrogen) atoms. The van der Waals surface area contributed by atoms with Crippen molar-refractivity contribution in [2.24, 2.45) is 5.92 Å². The molecule has 3 N–H and O–H groups in total. The van der Waals surface area contributed by atoms with Gasteiger partial charge in [-0.3, -0.25) is 9.69 Å². The summed E-state index contributed by atoms with van der Waals surface area (Å²) in [6, 6.07) is 17.4. The molecule has 1 saturated heterocycles. The Morgan fingerprint density at radius 1 is 0.978 bits per heavy atom. The van der Waals surface area contributed by atoms with Gasteiger partial charge in [-0.1, -0.05) is 49.5 Å². The molecule has 0 spiro atoms. The van der Waals surface area contributed by atoms with Crippen LogP contribution < -0.4 is 5.32 Å². The molecule has 3 heterocycles. The maximum Gasteiger partial charge on any atom is 0.407 e. The van der Waals surface area contributed by atoms with E-state index in [0.29, 0.717) is 36.9 Å². The average Bonchev–Trinajstić information content (AvgIpc) is 3.81. The largest absolute Gasteiger partial charge is 0.453 e. The molecular formula is C36H41N7O3. The molecule has 6 rings (SSSR count). The number of aromatic amines is 2. The van der Waals surface area contributed by atoms with E-state index in [1.54, 1.807) is 11.1 Å². The maximum absolute atomic E-state index is 12.6. The summed E-state index contributed by atoms with van der Waals surface area (Å²) in [4.78, 5) is 44.3. The first-order valence-corrected chi connectivity index (χ1v) is 16.0. The molecule has 10 heteroatoms. The summed E-state index contributed by atoms with van der Waals surface area (Å²) in [5.74, 6) is 8.80. The molecule has 1 aliphatic carbocycles. The Labute approximate surface area is 270 Å². The van der Waals surface area contributed by atoms with E-state index in [1.165, 1.54) is 32.8 Å². The van der Waals surface area contributed by atoms with Gasteiger partial charge < -0.3 is 24.9 Å². The molecule has 10 nitrogen and oxygen atoms in total. The number of ether oxygens (including phenoxy) is 1. The number of aromatic nitrogens is 4. The predicted octanol–water partition coefficient (Wildman–Crippen LogP) is 5.51. The zero-order chi connectivity index (χ0) is 32.0. The number of imidazole rings is 2. The number of carbonyl (C=O) groups excluding carboxylic acids is 2. The Morgan fingerprint density at radius 3 is 2.26 bits per heavy atom. The van der Waals surface area contributed by atoms with Crippen molar-refractivity contribution in [2.75, 3.05) is 27.2 Å². The van der Waals surface area contributed by atoms with E-state index in [1.807, 2.05) is 37.4 Å². The van der Waals surface area contributed by atoms with Crippen LogP contribution in [0.1, 0.15) is 67.8 Å². The molecule has 238 valence electrons. The summed E-state index contributed by atoms with van der Waals surface area (Å²) in [7, 11) is 3.52. The fourth-order valence-corrected chi connectivity index (χ4v) is 6.74. The van der Waals surface area contributed by atoms with Gasteiger partial charge in [0.15, 0.2) is 0 Å². The smallest absolute Gasteiger partial charge is 0.407 e. The van der Waals surface area contributed by atoms with Gasteiger partial charge in [0.2, 0.25) is 5.91 Å². The van der Waals surface area contributed by atoms with Crippen LogP contribution in [0.5, 0.6) is 0 Å². The molecule has 3 atom stereocenters. The van der Waals surface area contributed by atoms with Gasteiger partial charge in [0, 0.05) is 23.7 Å². The fourth-order valence-electron chi connectivity index (χ4n) is 6.74. The second kappa shape index (κ2) is 14.0. The summed E-state index contributed by atoms with van der Waals surface area (Å²) >= 11 is 0. The zero-order valence-corrected chi connectivity index (χ0v) is 26.7. The van der Waals surface area contributed by atoms with Crippen LogP contribution in [0.15, 0.2) is 60.9 Å². The van der Waals surface area contributed by atoms with Gasteiger partial charge in [-0.15, -0.1) is 0 Å². The quantitative estimate of drug-likeness (QED) is 0.213. The lowest BCUT2D eigenvalue weighted by molar-refractivity contribution is -0.130. The lowest BCUT2D eigenvalue weighted by Crippen LogP contribution is -2.40. The van der Waals surface area contributed by atoms with Crippen LogP contribution in [-0.2, 0) is 16.1 Å². The van der Waals surface area contributed by atoms with Gasteiger partial charge in [-0.05, 0) is 74.0 Å². The van der Waals surface area contributed by atoms with Crippen molar-refractivity contribution in [3.8, 4) is 34.4 Å². The summed E-state index contributed by atoms with van der Waals surface area (Å²) in [5, 5.41) is 2.44. The van der Waals surface area contributed by atoms with Crippen molar-refractivity contribution < 1.29 is 14.3 Å². The highest BCUT2D eigenvalue weighted by Gasteiger charge is 2.43. The molecule has 2 fully saturated rings. The molecule has 2 aromatic heterocycles. The standard InChI is InChI=1S/C36H41N7O3/c1-4-18-43(33(44)22-39-36(45)46-3)23-32-37-20-30(40-32)26-14-10-24(11-15-26)8-9-25-12-16-27(17-13-25)31-21-38-35(41-31)34-28-6-5-7-29(19-28)42(34)2/h10-17,20-21,28-29,34H,4-7,18-19,22-23H2,1-3H3,(H,37,40)(H,38,41)(H,39,45)/t28-,29+,34-/m0/s1. The van der Waals surface area contributed by atoms with E-state index in [-0.39, 0.29) is 12.5 Å². The number of likely N-dealkylation sites (tertiary alicyclic amines) is 1. The molecule has 1 aliphatic heterocycles. The van der Waals surface area contributed by atoms with Crippen molar-refractivity contribution in [3.63, 3.8) is 0 Å². The Balaban J connectivity index is 1.06. The van der Waals surface area contributed by atoms with Gasteiger partial charge in [0.1, 0.15) is 18.2 Å². The third-order valence-electron chi connectivity index (χ3n) is 9.15. The summed E-state index contributed by atoms with van der Waals surface area (Å²) < 4.78 is 4.55. The maximum atomic E-state index is 12.6. The first-order valence-electron chi connectivity index (χ1n) is 16.0. The minimum atomic E-state index is -0.635. The molecule has 0 unspecified atom stereocenters. The van der Waals surface area contributed by atoms with Crippen molar-refractivity contribution in [1.82, 2.24) is 35.1 Å². The topological polar surface area (TPSA) is 119 Å². The number of alkyl carbamates (subject to hydrolysis) is 1. The highest BCUT2D eigenvalue weighted by atomic mass is 16.5. The van der Waals surface area contributed by atoms with Crippen LogP contribution in [0.4, 0.5) is 4.79 Å². The second-order valence-electron chi connectivity index (χ2n) is 12.2. The minimum absolute atomic E-state index is 0.128. The molecule has 2 amide bonds. The third-order valence-corrected chi connectivity index (χ3v) is 9.15. The van der Waals surface area contributed by atoms with Crippen LogP contribution in [0, 0.1) is 17.8 Å². The van der Waals surface area contributed by atoms with E-state index in [4.69, 9.17) is 4.98 Å². The number of fused-ring (bicyclic) bond motifs is 2. The molecule has 2 bridgehead atoms. The number of rotatable bonds is 9. The Kier molecular flexibility index (Phi) is 9.50. The molecular weight excluding hydrogens is 578 g/mol. The lowest BCUT2D eigenvalue weighted by atomic mass is 9.87. The second-order valence-corrected chi connectivity index (χ2v) is 12.2. The summed E-state index contributed by atoms with van der Waals surface area (Å²) in [5.41, 5.74) is 5.84. The minimum Gasteiger partial charge on any atom is -0.453 e. The van der Waals surface area contributed by atoms with Gasteiger partial charge in [0.25, 0.3) is 0 Å². The van der Waals surface area contributed by atoms with Crippen molar-refractivity contribution in [1.29, 1.82) is 0 Å². The highest BCUT2D eigenvalue weighted by molar-refractivity contribution is 5.82. The number of hydrogen-bond donors (Lipinski definition) is 3. The van der Waals surface area contributed by atoms with Gasteiger partial charge >= 0.3 is 6.09 Å². The first kappa shape index (κ1) is 31.1. The van der Waals surface area contributed by atoms with Crippen LogP contribution in [-0.4, -0.2) is 75.0 Å². The Morgan fingerprint density at radius 2 is 1.63 bits per heavy atom. The first-order chi connectivity index (χ1) is 22.4. The van der Waals surface area contributed by atoms with E-state index >= 15 is 0 Å². The van der Waals surface area contributed by atoms with E-state index in [0.717, 1.165) is 45.9 Å². The van der Waals surface area contributed by atoms with E-state index in [9.17, 15) is 9.59 Å². The SMILES string of the molecule is CCCN(Cc1ncc(-c2ccc(C#Cc3ccc(-c4cnc([C@@H]5[C@H]6CCC[C@H](C6)N5C)[nH]4)cc3)cc2)[nH]1)C(=O)CNC(=O)OC. The van der Waals surface area contributed by atoms with Crippen LogP contribution in [0.3, 0.4) is 0 Å². The number of methoxy groups -OCH3 is 1. The summed E-state index contributed by atoms with van der Waals surface area (Å²) in [6.45, 7) is 2.74. The molecule has 2 aliphatic rings. The zero-order valence-electron chi connectivity index (χ0n) is 26.7. The molecule has 1 saturated carbocycles. The number of carbonyl (C=O) groups is 2. The number of nitrogens with zero attached hydrogens (tertiary/aromatic N) is 4. The van der Waals surface area contributed by atoms with Gasteiger partial charge in [-0.2, -0.15) is 0 Å². The van der Waals surface area contributed by atoms with E-state index in [2.05, 4.69) is 73.1 Å². The average molecular weight is 620 g/mol. The van der Waals surface area contributed by atoms with Crippen molar-refractivity contribution in [2.45, 2.75) is 57.7 Å². The van der Waals surface area contributed by atoms with Gasteiger partial charge in [0.05, 0.1) is 43.5 Å². The molecule has 4 aromatic rings. The van der Waals surface area contributed by atoms with E-state index < -0.39 is 6.09 Å². The van der Waals surface area contributed by atoms with Crippen molar-refractivity contribution >= 4 is 12.0 Å². The Hall–Kier alpha value is -4.88. The number of hydrogen-bond acceptors (Lipinski definition) is 6. The number of benzene rings is 2. The monoisotopic (exact) mass is 619 g/mol. The lowest BCUT2D eigenvalue weighted by Gasteiger charge is -2.23. The van der Waals surface area contributed by atoms with Crippen LogP contribution in [0.25, 0.3) is 22.5 Å². The predicted molar refractivity (Wildman–Crippen MR) is 176 cm³/mol. The normalized spacial score (nSPS) is 18.9. The van der Waals surface area contributed by atoms with Crippen molar-refractivity contribution in [3.05, 3.63) is 83.7 Å². The highest BCUT2D eigenvalue weighted by Crippen LogP contribution is 2.46. The Bertz CT molecular complexity index is 1710. The van der Waals surface area contributed by atoms with Crippen LogP contribution in [0.2, 0.25) is 0 Å². The number of nitrogens with one attached hydrogen (secondary N) is 3. The molecule has 2 aromatic carbocycles. The van der Waals surface area contributed by atoms with Crippen LogP contribution >= 0.6 is 0 Å².